The Hall–Kier alpha value is -3.06. The van der Waals surface area contributed by atoms with E-state index >= 15 is 0 Å². The van der Waals surface area contributed by atoms with Gasteiger partial charge in [0.15, 0.2) is 0 Å². The minimum Gasteiger partial charge on any atom is -0.445 e. The fourth-order valence-electron chi connectivity index (χ4n) is 2.71. The van der Waals surface area contributed by atoms with E-state index < -0.39 is 12.1 Å². The fraction of sp³-hybridized carbons (Fsp3) is 0.318. The van der Waals surface area contributed by atoms with Crippen LogP contribution in [0, 0.1) is 6.92 Å². The van der Waals surface area contributed by atoms with Gasteiger partial charge in [0, 0.05) is 17.3 Å². The first-order valence-corrected chi connectivity index (χ1v) is 10.00. The lowest BCUT2D eigenvalue weighted by Gasteiger charge is -2.24. The molecule has 0 aliphatic rings. The summed E-state index contributed by atoms with van der Waals surface area (Å²) in [6, 6.07) is 13.6. The molecule has 0 saturated carbocycles. The third-order valence-corrected chi connectivity index (χ3v) is 4.65. The Kier molecular flexibility index (Phi) is 8.68. The highest BCUT2D eigenvalue weighted by atomic mass is 35.5. The second-order valence-corrected chi connectivity index (χ2v) is 7.22. The number of nitrogens with zero attached hydrogens (tertiary/aromatic N) is 1. The average Bonchev–Trinajstić information content (AvgIpc) is 2.73. The van der Waals surface area contributed by atoms with Gasteiger partial charge in [-0.3, -0.25) is 9.59 Å². The zero-order valence-electron chi connectivity index (χ0n) is 17.3. The molecular weight excluding hydrogens is 406 g/mol. The van der Waals surface area contributed by atoms with Crippen molar-refractivity contribution in [3.8, 4) is 0 Å². The van der Waals surface area contributed by atoms with Crippen molar-refractivity contribution in [2.24, 2.45) is 0 Å². The number of carbonyl (C=O) groups excluding carboxylic acids is 3. The molecule has 0 aliphatic carbocycles. The van der Waals surface area contributed by atoms with Crippen molar-refractivity contribution >= 4 is 35.2 Å². The first-order valence-electron chi connectivity index (χ1n) is 9.62. The Morgan fingerprint density at radius 1 is 1.13 bits per heavy atom. The Labute approximate surface area is 181 Å². The van der Waals surface area contributed by atoms with Crippen molar-refractivity contribution < 1.29 is 19.1 Å². The molecule has 1 atom stereocenters. The molecule has 0 bridgehead atoms. The predicted octanol–water partition coefficient (Wildman–Crippen LogP) is 3.75. The van der Waals surface area contributed by atoms with Crippen molar-refractivity contribution in [1.82, 2.24) is 10.2 Å². The Morgan fingerprint density at radius 2 is 1.83 bits per heavy atom. The number of nitrogens with one attached hydrogen (secondary N) is 2. The number of amides is 3. The van der Waals surface area contributed by atoms with Gasteiger partial charge in [0.2, 0.25) is 11.8 Å². The van der Waals surface area contributed by atoms with E-state index in [4.69, 9.17) is 16.3 Å². The van der Waals surface area contributed by atoms with Gasteiger partial charge in [-0.2, -0.15) is 0 Å². The lowest BCUT2D eigenvalue weighted by Crippen LogP contribution is -2.49. The molecule has 7 nitrogen and oxygen atoms in total. The smallest absolute Gasteiger partial charge is 0.408 e. The van der Waals surface area contributed by atoms with Crippen LogP contribution in [0.2, 0.25) is 5.02 Å². The van der Waals surface area contributed by atoms with Crippen molar-refractivity contribution in [3.05, 3.63) is 64.7 Å². The van der Waals surface area contributed by atoms with E-state index in [2.05, 4.69) is 10.6 Å². The van der Waals surface area contributed by atoms with E-state index in [0.717, 1.165) is 11.1 Å². The van der Waals surface area contributed by atoms with E-state index in [1.807, 2.05) is 37.3 Å². The van der Waals surface area contributed by atoms with Gasteiger partial charge in [0.1, 0.15) is 12.6 Å². The normalized spacial score (nSPS) is 11.3. The minimum atomic E-state index is -0.839. The van der Waals surface area contributed by atoms with Gasteiger partial charge >= 0.3 is 6.09 Å². The quantitative estimate of drug-likeness (QED) is 0.666. The van der Waals surface area contributed by atoms with E-state index in [1.54, 1.807) is 32.0 Å². The van der Waals surface area contributed by atoms with Gasteiger partial charge in [-0.25, -0.2) is 4.79 Å². The zero-order chi connectivity index (χ0) is 22.1. The summed E-state index contributed by atoms with van der Waals surface area (Å²) < 4.78 is 5.13. The first-order chi connectivity index (χ1) is 14.3. The number of rotatable bonds is 8. The fourth-order valence-corrected chi connectivity index (χ4v) is 2.89. The van der Waals surface area contributed by atoms with Crippen LogP contribution in [0.3, 0.4) is 0 Å². The molecule has 0 saturated heterocycles. The number of aryl methyl sites for hydroxylation is 1. The summed E-state index contributed by atoms with van der Waals surface area (Å²) in [5, 5.41) is 5.77. The van der Waals surface area contributed by atoms with Crippen LogP contribution in [-0.2, 0) is 20.9 Å². The molecule has 8 heteroatoms. The Morgan fingerprint density at radius 3 is 2.50 bits per heavy atom. The standard InChI is InChI=1S/C22H26ClN3O4/c1-4-26(13-20(27)25-19-12-18(23)11-10-15(19)2)21(28)16(3)24-22(29)30-14-17-8-6-5-7-9-17/h5-12,16H,4,13-14H2,1-3H3,(H,24,29)(H,25,27)/t16-/m0/s1. The maximum atomic E-state index is 12.6. The van der Waals surface area contributed by atoms with Gasteiger partial charge in [-0.15, -0.1) is 0 Å². The highest BCUT2D eigenvalue weighted by Crippen LogP contribution is 2.20. The maximum absolute atomic E-state index is 12.6. The number of ether oxygens (including phenoxy) is 1. The number of hydrogen-bond donors (Lipinski definition) is 2. The molecule has 2 N–H and O–H groups in total. The van der Waals surface area contributed by atoms with Crippen LogP contribution in [0.25, 0.3) is 0 Å². The summed E-state index contributed by atoms with van der Waals surface area (Å²) in [4.78, 5) is 38.4. The van der Waals surface area contributed by atoms with Gasteiger partial charge in [-0.05, 0) is 44.0 Å². The zero-order valence-corrected chi connectivity index (χ0v) is 18.0. The molecule has 2 rings (SSSR count). The lowest BCUT2D eigenvalue weighted by molar-refractivity contribution is -0.135. The predicted molar refractivity (Wildman–Crippen MR) is 116 cm³/mol. The molecular formula is C22H26ClN3O4. The highest BCUT2D eigenvalue weighted by Gasteiger charge is 2.23. The summed E-state index contributed by atoms with van der Waals surface area (Å²) >= 11 is 5.97. The summed E-state index contributed by atoms with van der Waals surface area (Å²) in [6.07, 6.45) is -0.699. The van der Waals surface area contributed by atoms with Crippen LogP contribution >= 0.6 is 11.6 Å². The van der Waals surface area contributed by atoms with Crippen LogP contribution < -0.4 is 10.6 Å². The molecule has 3 amide bonds. The van der Waals surface area contributed by atoms with Crippen molar-refractivity contribution in [1.29, 1.82) is 0 Å². The average molecular weight is 432 g/mol. The molecule has 0 aromatic heterocycles. The second kappa shape index (κ2) is 11.2. The van der Waals surface area contributed by atoms with Crippen LogP contribution in [0.4, 0.5) is 10.5 Å². The Bertz CT molecular complexity index is 889. The van der Waals surface area contributed by atoms with Gasteiger partial charge in [-0.1, -0.05) is 48.0 Å². The minimum absolute atomic E-state index is 0.104. The van der Waals surface area contributed by atoms with Crippen LogP contribution in [0.1, 0.15) is 25.0 Å². The monoisotopic (exact) mass is 431 g/mol. The number of likely N-dealkylation sites (N-methyl/N-ethyl adjacent to an activating group) is 1. The number of benzene rings is 2. The van der Waals surface area contributed by atoms with Gasteiger partial charge < -0.3 is 20.3 Å². The highest BCUT2D eigenvalue weighted by molar-refractivity contribution is 6.31. The number of halogens is 1. The SMILES string of the molecule is CCN(CC(=O)Nc1cc(Cl)ccc1C)C(=O)[C@H](C)NC(=O)OCc1ccccc1. The van der Waals surface area contributed by atoms with Crippen molar-refractivity contribution in [2.75, 3.05) is 18.4 Å². The number of carbonyl (C=O) groups is 3. The molecule has 0 unspecified atom stereocenters. The second-order valence-electron chi connectivity index (χ2n) is 6.79. The number of alkyl carbamates (subject to hydrolysis) is 1. The molecule has 160 valence electrons. The molecule has 0 fully saturated rings. The summed E-state index contributed by atoms with van der Waals surface area (Å²) in [5.41, 5.74) is 2.29. The molecule has 0 aliphatic heterocycles. The third-order valence-electron chi connectivity index (χ3n) is 4.42. The molecule has 30 heavy (non-hydrogen) atoms. The maximum Gasteiger partial charge on any atom is 0.408 e. The van der Waals surface area contributed by atoms with Gasteiger partial charge in [0.05, 0.1) is 6.54 Å². The van der Waals surface area contributed by atoms with E-state index in [9.17, 15) is 14.4 Å². The van der Waals surface area contributed by atoms with E-state index in [1.165, 1.54) is 4.90 Å². The summed E-state index contributed by atoms with van der Waals surface area (Å²) in [7, 11) is 0. The number of hydrogen-bond acceptors (Lipinski definition) is 4. The van der Waals surface area contributed by atoms with Gasteiger partial charge in [0.25, 0.3) is 0 Å². The molecule has 2 aromatic rings. The van der Waals surface area contributed by atoms with E-state index in [0.29, 0.717) is 17.3 Å². The lowest BCUT2D eigenvalue weighted by atomic mass is 10.2. The van der Waals surface area contributed by atoms with E-state index in [-0.39, 0.29) is 25.0 Å². The summed E-state index contributed by atoms with van der Waals surface area (Å²) in [6.45, 7) is 5.43. The first kappa shape index (κ1) is 23.2. The molecule has 2 aromatic carbocycles. The van der Waals surface area contributed by atoms with Crippen LogP contribution in [0.15, 0.2) is 48.5 Å². The van der Waals surface area contributed by atoms with Crippen molar-refractivity contribution in [3.63, 3.8) is 0 Å². The summed E-state index contributed by atoms with van der Waals surface area (Å²) in [5.74, 6) is -0.735. The van der Waals surface area contributed by atoms with Crippen molar-refractivity contribution in [2.45, 2.75) is 33.4 Å². The van der Waals surface area contributed by atoms with Crippen LogP contribution in [-0.4, -0.2) is 41.9 Å². The van der Waals surface area contributed by atoms with Crippen LogP contribution in [0.5, 0.6) is 0 Å². The molecule has 0 spiro atoms. The third kappa shape index (κ3) is 7.08. The largest absolute Gasteiger partial charge is 0.445 e. The molecule has 0 radical (unpaired) electrons. The Balaban J connectivity index is 1.86. The number of anilines is 1. The molecule has 0 heterocycles. The topological polar surface area (TPSA) is 87.7 Å².